The van der Waals surface area contributed by atoms with E-state index in [1.165, 1.54) is 0 Å². The summed E-state index contributed by atoms with van der Waals surface area (Å²) in [6, 6.07) is 7.89. The van der Waals surface area contributed by atoms with Crippen molar-refractivity contribution >= 4 is 17.5 Å². The van der Waals surface area contributed by atoms with Crippen LogP contribution >= 0.6 is 11.6 Å². The van der Waals surface area contributed by atoms with Crippen molar-refractivity contribution in [3.05, 3.63) is 34.9 Å². The maximum atomic E-state index is 11.0. The Morgan fingerprint density at radius 3 is 2.76 bits per heavy atom. The van der Waals surface area contributed by atoms with Gasteiger partial charge in [-0.3, -0.25) is 4.79 Å². The SMILES string of the molecule is CC(=O)N[C@H]1CCO[C@@H](c2ccc(Cl)cc2)C1. The molecule has 1 saturated heterocycles. The molecule has 4 heteroatoms. The van der Waals surface area contributed by atoms with E-state index in [1.807, 2.05) is 24.3 Å². The molecule has 1 heterocycles. The molecule has 0 saturated carbocycles. The molecule has 0 aliphatic carbocycles. The second-order valence-corrected chi connectivity index (χ2v) is 4.77. The fourth-order valence-corrected chi connectivity index (χ4v) is 2.25. The third kappa shape index (κ3) is 3.45. The molecule has 2 rings (SSSR count). The molecule has 0 unspecified atom stereocenters. The number of hydrogen-bond donors (Lipinski definition) is 1. The Morgan fingerprint density at radius 2 is 2.12 bits per heavy atom. The summed E-state index contributed by atoms with van der Waals surface area (Å²) in [5, 5.41) is 3.67. The van der Waals surface area contributed by atoms with E-state index in [0.29, 0.717) is 6.61 Å². The Kier molecular flexibility index (Phi) is 4.02. The average molecular weight is 254 g/mol. The Labute approximate surface area is 106 Å². The highest BCUT2D eigenvalue weighted by Gasteiger charge is 2.24. The number of benzene rings is 1. The first kappa shape index (κ1) is 12.4. The van der Waals surface area contributed by atoms with E-state index in [2.05, 4.69) is 5.32 Å². The minimum atomic E-state index is 0.0201. The van der Waals surface area contributed by atoms with Gasteiger partial charge in [-0.2, -0.15) is 0 Å². The summed E-state index contributed by atoms with van der Waals surface area (Å²) in [5.41, 5.74) is 1.12. The summed E-state index contributed by atoms with van der Waals surface area (Å²) in [7, 11) is 0. The smallest absolute Gasteiger partial charge is 0.217 e. The van der Waals surface area contributed by atoms with Crippen LogP contribution in [0, 0.1) is 0 Å². The minimum absolute atomic E-state index is 0.0201. The standard InChI is InChI=1S/C13H16ClNO2/c1-9(16)15-12-6-7-17-13(8-12)10-2-4-11(14)5-3-10/h2-5,12-13H,6-8H2,1H3,(H,15,16)/t12-,13+/m0/s1. The van der Waals surface area contributed by atoms with Crippen LogP contribution in [0.5, 0.6) is 0 Å². The predicted molar refractivity (Wildman–Crippen MR) is 67.0 cm³/mol. The zero-order chi connectivity index (χ0) is 12.3. The van der Waals surface area contributed by atoms with Gasteiger partial charge in [0.05, 0.1) is 6.10 Å². The minimum Gasteiger partial charge on any atom is -0.373 e. The largest absolute Gasteiger partial charge is 0.373 e. The highest BCUT2D eigenvalue weighted by Crippen LogP contribution is 2.28. The van der Waals surface area contributed by atoms with Crippen LogP contribution in [-0.4, -0.2) is 18.6 Å². The number of rotatable bonds is 2. The van der Waals surface area contributed by atoms with Gasteiger partial charge in [0.1, 0.15) is 0 Å². The lowest BCUT2D eigenvalue weighted by Crippen LogP contribution is -2.38. The van der Waals surface area contributed by atoms with Crippen molar-refractivity contribution in [1.82, 2.24) is 5.32 Å². The summed E-state index contributed by atoms with van der Waals surface area (Å²) < 4.78 is 5.72. The quantitative estimate of drug-likeness (QED) is 0.880. The molecule has 0 bridgehead atoms. The highest BCUT2D eigenvalue weighted by atomic mass is 35.5. The van der Waals surface area contributed by atoms with E-state index < -0.39 is 0 Å². The molecule has 1 aliphatic rings. The van der Waals surface area contributed by atoms with Gasteiger partial charge in [-0.05, 0) is 30.5 Å². The molecule has 1 aliphatic heterocycles. The molecule has 1 aromatic rings. The maximum Gasteiger partial charge on any atom is 0.217 e. The molecule has 1 fully saturated rings. The Morgan fingerprint density at radius 1 is 1.41 bits per heavy atom. The van der Waals surface area contributed by atoms with Crippen LogP contribution < -0.4 is 5.32 Å². The molecule has 17 heavy (non-hydrogen) atoms. The highest BCUT2D eigenvalue weighted by molar-refractivity contribution is 6.30. The second-order valence-electron chi connectivity index (χ2n) is 4.33. The average Bonchev–Trinajstić information content (AvgIpc) is 2.29. The maximum absolute atomic E-state index is 11.0. The Balaban J connectivity index is 2.01. The summed E-state index contributed by atoms with van der Waals surface area (Å²) in [6.07, 6.45) is 1.75. The van der Waals surface area contributed by atoms with Crippen molar-refractivity contribution in [2.45, 2.75) is 31.9 Å². The van der Waals surface area contributed by atoms with Crippen molar-refractivity contribution in [2.75, 3.05) is 6.61 Å². The summed E-state index contributed by atoms with van der Waals surface area (Å²) >= 11 is 5.85. The monoisotopic (exact) mass is 253 g/mol. The topological polar surface area (TPSA) is 38.3 Å². The molecule has 1 aromatic carbocycles. The number of nitrogens with one attached hydrogen (secondary N) is 1. The molecular formula is C13H16ClNO2. The van der Waals surface area contributed by atoms with Gasteiger partial charge in [-0.1, -0.05) is 23.7 Å². The Bertz CT molecular complexity index is 391. The molecule has 0 spiro atoms. The van der Waals surface area contributed by atoms with E-state index in [4.69, 9.17) is 16.3 Å². The van der Waals surface area contributed by atoms with Crippen LogP contribution in [0.4, 0.5) is 0 Å². The predicted octanol–water partition coefficient (Wildman–Crippen LogP) is 2.70. The number of hydrogen-bond acceptors (Lipinski definition) is 2. The van der Waals surface area contributed by atoms with Crippen LogP contribution in [0.15, 0.2) is 24.3 Å². The fourth-order valence-electron chi connectivity index (χ4n) is 2.13. The fraction of sp³-hybridized carbons (Fsp3) is 0.462. The van der Waals surface area contributed by atoms with Crippen LogP contribution in [0.3, 0.4) is 0 Å². The second kappa shape index (κ2) is 5.52. The number of carbonyl (C=O) groups is 1. The molecule has 0 aromatic heterocycles. The van der Waals surface area contributed by atoms with E-state index in [9.17, 15) is 4.79 Å². The molecule has 2 atom stereocenters. The third-order valence-electron chi connectivity index (χ3n) is 2.93. The van der Waals surface area contributed by atoms with Gasteiger partial charge < -0.3 is 10.1 Å². The number of amides is 1. The molecule has 92 valence electrons. The van der Waals surface area contributed by atoms with E-state index in [1.54, 1.807) is 6.92 Å². The lowest BCUT2D eigenvalue weighted by Gasteiger charge is -2.30. The number of halogens is 1. The van der Waals surface area contributed by atoms with Crippen molar-refractivity contribution in [1.29, 1.82) is 0 Å². The van der Waals surface area contributed by atoms with Gasteiger partial charge in [0.25, 0.3) is 0 Å². The molecule has 1 N–H and O–H groups in total. The van der Waals surface area contributed by atoms with Gasteiger partial charge in [0, 0.05) is 24.6 Å². The molecular weight excluding hydrogens is 238 g/mol. The third-order valence-corrected chi connectivity index (χ3v) is 3.19. The van der Waals surface area contributed by atoms with Crippen molar-refractivity contribution < 1.29 is 9.53 Å². The summed E-state index contributed by atoms with van der Waals surface area (Å²) in [4.78, 5) is 11.0. The van der Waals surface area contributed by atoms with Crippen LogP contribution in [0.1, 0.15) is 31.4 Å². The van der Waals surface area contributed by atoms with Gasteiger partial charge >= 0.3 is 0 Å². The number of carbonyl (C=O) groups excluding carboxylic acids is 1. The first-order valence-corrected chi connectivity index (χ1v) is 6.17. The van der Waals surface area contributed by atoms with E-state index in [-0.39, 0.29) is 18.1 Å². The van der Waals surface area contributed by atoms with E-state index >= 15 is 0 Å². The lowest BCUT2D eigenvalue weighted by atomic mass is 9.97. The molecule has 3 nitrogen and oxygen atoms in total. The summed E-state index contributed by atoms with van der Waals surface area (Å²) in [5.74, 6) is 0.0201. The van der Waals surface area contributed by atoms with Crippen molar-refractivity contribution in [3.63, 3.8) is 0 Å². The van der Waals surface area contributed by atoms with Crippen LogP contribution in [0.2, 0.25) is 5.02 Å². The molecule has 0 radical (unpaired) electrons. The zero-order valence-electron chi connectivity index (χ0n) is 9.78. The van der Waals surface area contributed by atoms with Gasteiger partial charge in [-0.15, -0.1) is 0 Å². The van der Waals surface area contributed by atoms with Gasteiger partial charge in [0.15, 0.2) is 0 Å². The van der Waals surface area contributed by atoms with Gasteiger partial charge in [-0.25, -0.2) is 0 Å². The van der Waals surface area contributed by atoms with Crippen molar-refractivity contribution in [3.8, 4) is 0 Å². The first-order valence-electron chi connectivity index (χ1n) is 5.79. The lowest BCUT2D eigenvalue weighted by molar-refractivity contribution is -0.120. The Hall–Kier alpha value is -1.06. The number of ether oxygens (including phenoxy) is 1. The zero-order valence-corrected chi connectivity index (χ0v) is 10.5. The molecule has 1 amide bonds. The first-order chi connectivity index (χ1) is 8.15. The van der Waals surface area contributed by atoms with Crippen molar-refractivity contribution in [2.24, 2.45) is 0 Å². The summed E-state index contributed by atoms with van der Waals surface area (Å²) in [6.45, 7) is 2.23. The van der Waals surface area contributed by atoms with Crippen LogP contribution in [0.25, 0.3) is 0 Å². The van der Waals surface area contributed by atoms with Crippen LogP contribution in [-0.2, 0) is 9.53 Å². The normalized spacial score (nSPS) is 24.4. The van der Waals surface area contributed by atoms with E-state index in [0.717, 1.165) is 23.4 Å². The van der Waals surface area contributed by atoms with Gasteiger partial charge in [0.2, 0.25) is 5.91 Å².